The highest BCUT2D eigenvalue weighted by Gasteiger charge is 2.33. The number of carbonyl (C=O) groups is 2. The summed E-state index contributed by atoms with van der Waals surface area (Å²) in [5.41, 5.74) is 5.18. The van der Waals surface area contributed by atoms with Gasteiger partial charge >= 0.3 is 0 Å². The summed E-state index contributed by atoms with van der Waals surface area (Å²) in [5, 5.41) is 14.4. The summed E-state index contributed by atoms with van der Waals surface area (Å²) in [4.78, 5) is 25.4. The lowest BCUT2D eigenvalue weighted by Crippen LogP contribution is -2.27. The molecule has 1 atom stereocenters. The van der Waals surface area contributed by atoms with Crippen molar-refractivity contribution in [2.45, 2.75) is 19.8 Å². The zero-order chi connectivity index (χ0) is 24.9. The molecule has 0 fully saturated rings. The van der Waals surface area contributed by atoms with Gasteiger partial charge in [-0.05, 0) is 42.7 Å². The van der Waals surface area contributed by atoms with Crippen molar-refractivity contribution in [1.29, 1.82) is 5.26 Å². The zero-order valence-corrected chi connectivity index (χ0v) is 20.9. The topological polar surface area (TPSA) is 70.0 Å². The van der Waals surface area contributed by atoms with Crippen molar-refractivity contribution < 1.29 is 9.59 Å². The number of rotatable bonds is 7. The Morgan fingerprint density at radius 2 is 1.60 bits per heavy atom. The Labute approximate surface area is 214 Å². The lowest BCUT2D eigenvalue weighted by molar-refractivity contribution is -0.113. The van der Waals surface area contributed by atoms with Crippen LogP contribution in [-0.4, -0.2) is 17.3 Å². The Morgan fingerprint density at radius 3 is 2.20 bits per heavy atom. The molecule has 0 aromatic heterocycles. The number of hydrogen-bond donors (Lipinski definition) is 1. The van der Waals surface area contributed by atoms with E-state index in [2.05, 4.69) is 11.4 Å². The van der Waals surface area contributed by atoms with E-state index in [1.54, 1.807) is 12.1 Å². The van der Waals surface area contributed by atoms with E-state index in [4.69, 9.17) is 11.6 Å². The number of ketones is 2. The van der Waals surface area contributed by atoms with Crippen molar-refractivity contribution in [3.8, 4) is 17.2 Å². The van der Waals surface area contributed by atoms with Gasteiger partial charge in [-0.25, -0.2) is 0 Å². The third kappa shape index (κ3) is 5.40. The Hall–Kier alpha value is -3.59. The Bertz CT molecular complexity index is 1370. The molecule has 0 spiro atoms. The van der Waals surface area contributed by atoms with Crippen molar-refractivity contribution >= 4 is 34.9 Å². The van der Waals surface area contributed by atoms with Gasteiger partial charge in [0.05, 0.1) is 28.3 Å². The molecule has 0 saturated heterocycles. The van der Waals surface area contributed by atoms with Gasteiger partial charge in [0, 0.05) is 21.9 Å². The minimum absolute atomic E-state index is 0.0387. The molecule has 1 heterocycles. The van der Waals surface area contributed by atoms with Crippen LogP contribution in [0.3, 0.4) is 0 Å². The number of halogens is 1. The third-order valence-corrected chi connectivity index (χ3v) is 7.16. The van der Waals surface area contributed by atoms with Crippen LogP contribution in [0.4, 0.5) is 0 Å². The molecule has 1 aliphatic heterocycles. The van der Waals surface area contributed by atoms with Crippen molar-refractivity contribution in [2.75, 3.05) is 5.75 Å². The monoisotopic (exact) mass is 498 g/mol. The third-order valence-electron chi connectivity index (χ3n) is 5.89. The molecule has 1 N–H and O–H groups in total. The maximum Gasteiger partial charge on any atom is 0.173 e. The molecule has 6 heteroatoms. The molecule has 4 nitrogen and oxygen atoms in total. The van der Waals surface area contributed by atoms with Crippen molar-refractivity contribution in [3.63, 3.8) is 0 Å². The molecule has 0 radical (unpaired) electrons. The van der Waals surface area contributed by atoms with Gasteiger partial charge in [0.1, 0.15) is 0 Å². The summed E-state index contributed by atoms with van der Waals surface area (Å²) in [6.45, 7) is 3.32. The van der Waals surface area contributed by atoms with Gasteiger partial charge in [-0.1, -0.05) is 90.1 Å². The Kier molecular flexibility index (Phi) is 7.55. The molecular formula is C29H23ClN2O2S. The fourth-order valence-electron chi connectivity index (χ4n) is 4.18. The fraction of sp³-hybridized carbons (Fsp3) is 0.138. The molecule has 0 saturated carbocycles. The highest BCUT2D eigenvalue weighted by molar-refractivity contribution is 8.03. The minimum Gasteiger partial charge on any atom is -0.353 e. The van der Waals surface area contributed by atoms with Gasteiger partial charge in [0.2, 0.25) is 0 Å². The molecule has 3 aromatic carbocycles. The molecule has 0 amide bonds. The normalized spacial score (nSPS) is 15.4. The number of thioether (sulfide) groups is 1. The Balaban J connectivity index is 1.57. The van der Waals surface area contributed by atoms with Crippen LogP contribution in [0.5, 0.6) is 0 Å². The van der Waals surface area contributed by atoms with E-state index >= 15 is 0 Å². The van der Waals surface area contributed by atoms with Crippen LogP contribution in [0.2, 0.25) is 5.02 Å². The Morgan fingerprint density at radius 1 is 0.971 bits per heavy atom. The molecule has 1 aliphatic rings. The maximum absolute atomic E-state index is 12.9. The van der Waals surface area contributed by atoms with E-state index in [0.29, 0.717) is 32.5 Å². The predicted molar refractivity (Wildman–Crippen MR) is 142 cm³/mol. The highest BCUT2D eigenvalue weighted by atomic mass is 35.5. The number of Topliss-reactive ketones (excluding diaryl/α,β-unsaturated/α-hetero) is 2. The zero-order valence-electron chi connectivity index (χ0n) is 19.3. The number of hydrogen-bond acceptors (Lipinski definition) is 5. The van der Waals surface area contributed by atoms with Crippen LogP contribution >= 0.6 is 23.4 Å². The van der Waals surface area contributed by atoms with E-state index < -0.39 is 5.92 Å². The van der Waals surface area contributed by atoms with Gasteiger partial charge in [-0.3, -0.25) is 9.59 Å². The summed E-state index contributed by atoms with van der Waals surface area (Å²) in [6.07, 6.45) is 0. The number of nitrogens with one attached hydrogen (secondary N) is 1. The number of nitriles is 1. The van der Waals surface area contributed by atoms with E-state index in [1.807, 2.05) is 73.7 Å². The van der Waals surface area contributed by atoms with E-state index in [9.17, 15) is 14.9 Å². The van der Waals surface area contributed by atoms with Crippen LogP contribution in [0.25, 0.3) is 11.1 Å². The average Bonchev–Trinajstić information content (AvgIpc) is 2.87. The van der Waals surface area contributed by atoms with Gasteiger partial charge < -0.3 is 5.32 Å². The maximum atomic E-state index is 12.9. The molecular weight excluding hydrogens is 476 g/mol. The van der Waals surface area contributed by atoms with Crippen LogP contribution in [0.15, 0.2) is 101 Å². The number of carbonyl (C=O) groups excluding carboxylic acids is 2. The highest BCUT2D eigenvalue weighted by Crippen LogP contribution is 2.41. The number of benzene rings is 3. The summed E-state index contributed by atoms with van der Waals surface area (Å²) < 4.78 is 0. The van der Waals surface area contributed by atoms with E-state index in [1.165, 1.54) is 18.7 Å². The van der Waals surface area contributed by atoms with Gasteiger partial charge in [0.15, 0.2) is 11.6 Å². The molecule has 0 bridgehead atoms. The van der Waals surface area contributed by atoms with Gasteiger partial charge in [-0.15, -0.1) is 0 Å². The quantitative estimate of drug-likeness (QED) is 0.358. The average molecular weight is 499 g/mol. The van der Waals surface area contributed by atoms with Crippen LogP contribution in [0, 0.1) is 11.3 Å². The number of nitrogens with zero attached hydrogens (tertiary/aromatic N) is 1. The van der Waals surface area contributed by atoms with Crippen LogP contribution in [0.1, 0.15) is 35.7 Å². The molecule has 0 aliphatic carbocycles. The van der Waals surface area contributed by atoms with E-state index in [-0.39, 0.29) is 17.3 Å². The SMILES string of the molecule is CC(=O)C1=C(C)NC(SCC(=O)c2ccc(-c3ccccc3)cc2)=C(C#N)[C@@H]1c1ccc(Cl)cc1. The second-order valence-corrected chi connectivity index (χ2v) is 9.64. The molecule has 0 unspecified atom stereocenters. The first-order chi connectivity index (χ1) is 16.9. The molecule has 174 valence electrons. The lowest BCUT2D eigenvalue weighted by atomic mass is 9.81. The summed E-state index contributed by atoms with van der Waals surface area (Å²) in [5.74, 6) is -0.503. The summed E-state index contributed by atoms with van der Waals surface area (Å²) in [7, 11) is 0. The number of dihydropyridines is 1. The van der Waals surface area contributed by atoms with Crippen molar-refractivity contribution in [1.82, 2.24) is 5.32 Å². The van der Waals surface area contributed by atoms with Crippen molar-refractivity contribution in [2.24, 2.45) is 0 Å². The molecule has 4 rings (SSSR count). The second kappa shape index (κ2) is 10.8. The number of allylic oxidation sites excluding steroid dienone is 3. The largest absolute Gasteiger partial charge is 0.353 e. The molecule has 35 heavy (non-hydrogen) atoms. The van der Waals surface area contributed by atoms with Crippen molar-refractivity contribution in [3.05, 3.63) is 117 Å². The first-order valence-corrected chi connectivity index (χ1v) is 12.5. The summed E-state index contributed by atoms with van der Waals surface area (Å²) in [6, 6.07) is 26.9. The predicted octanol–water partition coefficient (Wildman–Crippen LogP) is 6.91. The smallest absolute Gasteiger partial charge is 0.173 e. The first-order valence-electron chi connectivity index (χ1n) is 11.1. The van der Waals surface area contributed by atoms with Gasteiger partial charge in [-0.2, -0.15) is 5.26 Å². The fourth-order valence-corrected chi connectivity index (χ4v) is 5.29. The van der Waals surface area contributed by atoms with Crippen LogP contribution in [-0.2, 0) is 4.79 Å². The summed E-state index contributed by atoms with van der Waals surface area (Å²) >= 11 is 7.33. The standard InChI is InChI=1S/C29H23ClN2O2S/c1-18-27(19(2)33)28(23-12-14-24(30)15-13-23)25(16-31)29(32-18)35-17-26(34)22-10-8-21(9-11-22)20-6-4-3-5-7-20/h3-15,28,32H,17H2,1-2H3/t28-/m0/s1. The minimum atomic E-state index is -0.515. The lowest BCUT2D eigenvalue weighted by Gasteiger charge is -2.29. The molecule has 3 aromatic rings. The van der Waals surface area contributed by atoms with E-state index in [0.717, 1.165) is 16.7 Å². The second-order valence-electron chi connectivity index (χ2n) is 8.21. The van der Waals surface area contributed by atoms with Gasteiger partial charge in [0.25, 0.3) is 0 Å². The first kappa shape index (κ1) is 24.5. The van der Waals surface area contributed by atoms with Crippen LogP contribution < -0.4 is 5.32 Å².